The van der Waals surface area contributed by atoms with Gasteiger partial charge in [-0.3, -0.25) is 19.9 Å². The summed E-state index contributed by atoms with van der Waals surface area (Å²) in [5.74, 6) is 0. The lowest BCUT2D eigenvalue weighted by atomic mass is 10.1. The molecule has 8 heteroatoms. The summed E-state index contributed by atoms with van der Waals surface area (Å²) in [6.07, 6.45) is -3.10. The highest BCUT2D eigenvalue weighted by molar-refractivity contribution is 6.68. The van der Waals surface area contributed by atoms with Crippen molar-refractivity contribution >= 4 is 22.5 Å². The second-order valence-corrected chi connectivity index (χ2v) is 3.22. The minimum atomic E-state index is -3.10. The minimum Gasteiger partial charge on any atom is -0.275 e. The van der Waals surface area contributed by atoms with Gasteiger partial charge in [0.05, 0.1) is 4.92 Å². The summed E-state index contributed by atoms with van der Waals surface area (Å²) >= 11 is 5.04. The number of carbonyl (C=O) groups excluding carboxylic acids is 1. The maximum Gasteiger partial charge on any atom is 0.285 e. The van der Waals surface area contributed by atoms with Crippen LogP contribution in [0, 0.1) is 17.0 Å². The van der Waals surface area contributed by atoms with Crippen molar-refractivity contribution in [2.24, 2.45) is 0 Å². The normalized spacial score (nSPS) is 10.6. The molecule has 1 heterocycles. The minimum absolute atomic E-state index is 0.0173. The average Bonchev–Trinajstić information content (AvgIpc) is 2.15. The molecule has 0 N–H and O–H groups in total. The van der Waals surface area contributed by atoms with Crippen molar-refractivity contribution in [3.8, 4) is 0 Å². The topological polar surface area (TPSA) is 73.1 Å². The molecule has 0 bridgehead atoms. The first-order chi connectivity index (χ1) is 7.34. The van der Waals surface area contributed by atoms with E-state index in [0.717, 1.165) is 6.07 Å². The highest BCUT2D eigenvalue weighted by Crippen LogP contribution is 2.30. The van der Waals surface area contributed by atoms with Crippen LogP contribution in [0.2, 0.25) is 0 Å². The van der Waals surface area contributed by atoms with Gasteiger partial charge >= 0.3 is 0 Å². The maximum absolute atomic E-state index is 12.5. The van der Waals surface area contributed by atoms with E-state index >= 15 is 0 Å². The number of aryl methyl sites for hydroxylation is 1. The van der Waals surface area contributed by atoms with Gasteiger partial charge < -0.3 is 0 Å². The summed E-state index contributed by atoms with van der Waals surface area (Å²) in [7, 11) is 0. The number of halogens is 3. The summed E-state index contributed by atoms with van der Waals surface area (Å²) in [5.41, 5.74) is -2.56. The van der Waals surface area contributed by atoms with Crippen LogP contribution in [0.3, 0.4) is 0 Å². The van der Waals surface area contributed by atoms with Crippen molar-refractivity contribution < 1.29 is 18.5 Å². The molecule has 16 heavy (non-hydrogen) atoms. The smallest absolute Gasteiger partial charge is 0.275 e. The number of alkyl halides is 2. The Hall–Kier alpha value is -1.63. The van der Waals surface area contributed by atoms with Gasteiger partial charge in [-0.05, 0) is 18.5 Å². The largest absolute Gasteiger partial charge is 0.285 e. The predicted octanol–water partition coefficient (Wildman–Crippen LogP) is 2.61. The molecule has 1 rings (SSSR count). The van der Waals surface area contributed by atoms with Gasteiger partial charge in [-0.25, -0.2) is 8.78 Å². The Kier molecular flexibility index (Phi) is 3.48. The monoisotopic (exact) mass is 250 g/mol. The molecular formula is C8H5ClF2N2O3. The molecule has 0 fully saturated rings. The summed E-state index contributed by atoms with van der Waals surface area (Å²) in [4.78, 5) is 23.9. The van der Waals surface area contributed by atoms with Crippen molar-refractivity contribution in [1.82, 2.24) is 4.98 Å². The Bertz CT molecular complexity index is 465. The van der Waals surface area contributed by atoms with E-state index in [0.29, 0.717) is 0 Å². The molecule has 0 spiro atoms. The van der Waals surface area contributed by atoms with E-state index in [1.165, 1.54) is 6.92 Å². The van der Waals surface area contributed by atoms with Gasteiger partial charge in [-0.1, -0.05) is 0 Å². The van der Waals surface area contributed by atoms with E-state index in [1.807, 2.05) is 0 Å². The summed E-state index contributed by atoms with van der Waals surface area (Å²) < 4.78 is 25.0. The molecule has 0 unspecified atom stereocenters. The molecule has 1 aromatic rings. The number of pyridine rings is 1. The average molecular weight is 251 g/mol. The molecule has 0 saturated carbocycles. The molecule has 0 aliphatic carbocycles. The Morgan fingerprint density at radius 3 is 2.56 bits per heavy atom. The van der Waals surface area contributed by atoms with Crippen LogP contribution in [0.15, 0.2) is 6.07 Å². The van der Waals surface area contributed by atoms with Gasteiger partial charge in [0.25, 0.3) is 17.4 Å². The number of nitrogens with zero attached hydrogens (tertiary/aromatic N) is 2. The molecule has 0 aliphatic heterocycles. The van der Waals surface area contributed by atoms with E-state index in [4.69, 9.17) is 11.6 Å². The number of hydrogen-bond donors (Lipinski definition) is 0. The predicted molar refractivity (Wildman–Crippen MR) is 50.8 cm³/mol. The molecule has 0 saturated heterocycles. The first kappa shape index (κ1) is 12.4. The fraction of sp³-hybridized carbons (Fsp3) is 0.250. The second-order valence-electron chi connectivity index (χ2n) is 2.87. The summed E-state index contributed by atoms with van der Waals surface area (Å²) in [6, 6.07) is 0.918. The number of carbonyl (C=O) groups is 1. The van der Waals surface area contributed by atoms with Crippen LogP contribution in [-0.2, 0) is 0 Å². The SMILES string of the molecule is Cc1cc([N+](=O)[O-])c(C(=O)Cl)c(C(F)F)n1. The van der Waals surface area contributed by atoms with E-state index in [2.05, 4.69) is 4.98 Å². The van der Waals surface area contributed by atoms with Crippen LogP contribution in [0.4, 0.5) is 14.5 Å². The van der Waals surface area contributed by atoms with Gasteiger partial charge in [-0.2, -0.15) is 0 Å². The zero-order valence-corrected chi connectivity index (χ0v) is 8.66. The molecule has 5 nitrogen and oxygen atoms in total. The van der Waals surface area contributed by atoms with Crippen LogP contribution in [0.1, 0.15) is 28.2 Å². The van der Waals surface area contributed by atoms with Gasteiger partial charge in [0.2, 0.25) is 0 Å². The molecule has 86 valence electrons. The van der Waals surface area contributed by atoms with Gasteiger partial charge in [0, 0.05) is 11.8 Å². The standard InChI is InChI=1S/C8H5ClF2N2O3/c1-3-2-4(13(15)16)5(7(9)14)6(12-3)8(10)11/h2,8H,1H3. The second kappa shape index (κ2) is 4.48. The maximum atomic E-state index is 12.5. The van der Waals surface area contributed by atoms with E-state index in [9.17, 15) is 23.7 Å². The van der Waals surface area contributed by atoms with Crippen molar-refractivity contribution in [3.63, 3.8) is 0 Å². The molecule has 0 aromatic carbocycles. The third-order valence-corrected chi connectivity index (χ3v) is 1.94. The van der Waals surface area contributed by atoms with E-state index < -0.39 is 33.5 Å². The summed E-state index contributed by atoms with van der Waals surface area (Å²) in [5, 5.41) is 9.25. The number of hydrogen-bond acceptors (Lipinski definition) is 4. The quantitative estimate of drug-likeness (QED) is 0.469. The fourth-order valence-electron chi connectivity index (χ4n) is 1.18. The highest BCUT2D eigenvalue weighted by atomic mass is 35.5. The Balaban J connectivity index is 3.60. The lowest BCUT2D eigenvalue weighted by Crippen LogP contribution is -2.07. The number of aromatic nitrogens is 1. The third kappa shape index (κ3) is 2.30. The Morgan fingerprint density at radius 1 is 1.62 bits per heavy atom. The third-order valence-electron chi connectivity index (χ3n) is 1.75. The first-order valence-corrected chi connectivity index (χ1v) is 4.36. The van der Waals surface area contributed by atoms with Crippen LogP contribution < -0.4 is 0 Å². The summed E-state index contributed by atoms with van der Waals surface area (Å²) in [6.45, 7) is 1.31. The number of rotatable bonds is 3. The van der Waals surface area contributed by atoms with Crippen molar-refractivity contribution in [3.05, 3.63) is 33.1 Å². The molecule has 0 amide bonds. The van der Waals surface area contributed by atoms with Crippen molar-refractivity contribution in [1.29, 1.82) is 0 Å². The van der Waals surface area contributed by atoms with Crippen molar-refractivity contribution in [2.45, 2.75) is 13.3 Å². The lowest BCUT2D eigenvalue weighted by Gasteiger charge is -2.06. The van der Waals surface area contributed by atoms with Crippen LogP contribution in [0.25, 0.3) is 0 Å². The Morgan fingerprint density at radius 2 is 2.19 bits per heavy atom. The Labute approximate surface area is 93.2 Å². The first-order valence-electron chi connectivity index (χ1n) is 3.98. The van der Waals surface area contributed by atoms with E-state index in [1.54, 1.807) is 0 Å². The molecule has 0 atom stereocenters. The van der Waals surface area contributed by atoms with Gasteiger partial charge in [0.1, 0.15) is 11.3 Å². The fourth-order valence-corrected chi connectivity index (χ4v) is 1.38. The lowest BCUT2D eigenvalue weighted by molar-refractivity contribution is -0.385. The molecule has 0 radical (unpaired) electrons. The van der Waals surface area contributed by atoms with Gasteiger partial charge in [0.15, 0.2) is 0 Å². The van der Waals surface area contributed by atoms with E-state index in [-0.39, 0.29) is 5.69 Å². The highest BCUT2D eigenvalue weighted by Gasteiger charge is 2.29. The van der Waals surface area contributed by atoms with Crippen LogP contribution >= 0.6 is 11.6 Å². The molecular weight excluding hydrogens is 246 g/mol. The van der Waals surface area contributed by atoms with Crippen LogP contribution in [0.5, 0.6) is 0 Å². The molecule has 0 aliphatic rings. The van der Waals surface area contributed by atoms with Crippen LogP contribution in [-0.4, -0.2) is 15.1 Å². The van der Waals surface area contributed by atoms with Crippen molar-refractivity contribution in [2.75, 3.05) is 0 Å². The zero-order chi connectivity index (χ0) is 12.5. The number of nitro groups is 1. The van der Waals surface area contributed by atoms with Gasteiger partial charge in [-0.15, -0.1) is 0 Å². The molecule has 1 aromatic heterocycles. The zero-order valence-electron chi connectivity index (χ0n) is 7.91.